The number of hydrogen-bond donors (Lipinski definition) is 1. The van der Waals surface area contributed by atoms with Gasteiger partial charge >= 0.3 is 0 Å². The first-order valence-corrected chi connectivity index (χ1v) is 6.88. The lowest BCUT2D eigenvalue weighted by molar-refractivity contribution is 0.899. The number of nitrogens with zero attached hydrogens (tertiary/aromatic N) is 3. The predicted molar refractivity (Wildman–Crippen MR) is 75.0 cm³/mol. The van der Waals surface area contributed by atoms with Crippen molar-refractivity contribution in [1.82, 2.24) is 15.0 Å². The van der Waals surface area contributed by atoms with Crippen molar-refractivity contribution in [2.75, 3.05) is 5.32 Å². The molecule has 0 radical (unpaired) electrons. The van der Waals surface area contributed by atoms with Crippen LogP contribution in [0.5, 0.6) is 0 Å². The molecule has 4 nitrogen and oxygen atoms in total. The maximum Gasteiger partial charge on any atom is 0.133 e. The van der Waals surface area contributed by atoms with E-state index in [1.807, 2.05) is 12.3 Å². The van der Waals surface area contributed by atoms with Gasteiger partial charge in [-0.25, -0.2) is 9.97 Å². The lowest BCUT2D eigenvalue weighted by Gasteiger charge is -2.11. The molecule has 1 aliphatic rings. The van der Waals surface area contributed by atoms with E-state index < -0.39 is 0 Å². The Morgan fingerprint density at radius 2 is 2.16 bits per heavy atom. The van der Waals surface area contributed by atoms with Gasteiger partial charge in [-0.05, 0) is 37.3 Å². The Kier molecular flexibility index (Phi) is 3.40. The molecule has 0 bridgehead atoms. The standard InChI is InChI=1S/C15H18N4/c1-2-11-5-4-8-16-14(11)9-17-15-12-6-3-7-13(12)18-10-19-15/h4-5,8,10H,2-3,6-7,9H2,1H3,(H,17,18,19). The molecule has 0 fully saturated rings. The zero-order chi connectivity index (χ0) is 13.1. The van der Waals surface area contributed by atoms with Crippen LogP contribution in [-0.4, -0.2) is 15.0 Å². The number of aromatic nitrogens is 3. The van der Waals surface area contributed by atoms with Crippen LogP contribution in [0.1, 0.15) is 35.9 Å². The van der Waals surface area contributed by atoms with Crippen LogP contribution in [0.25, 0.3) is 0 Å². The van der Waals surface area contributed by atoms with Crippen molar-refractivity contribution in [2.45, 2.75) is 39.2 Å². The molecule has 4 heteroatoms. The van der Waals surface area contributed by atoms with Crippen LogP contribution in [0.2, 0.25) is 0 Å². The fourth-order valence-corrected chi connectivity index (χ4v) is 2.63. The Bertz CT molecular complexity index is 580. The lowest BCUT2D eigenvalue weighted by Crippen LogP contribution is -2.08. The first kappa shape index (κ1) is 12.1. The Hall–Kier alpha value is -1.97. The molecule has 0 aliphatic heterocycles. The van der Waals surface area contributed by atoms with Gasteiger partial charge in [0.1, 0.15) is 12.1 Å². The van der Waals surface area contributed by atoms with Crippen LogP contribution >= 0.6 is 0 Å². The van der Waals surface area contributed by atoms with Crippen molar-refractivity contribution < 1.29 is 0 Å². The highest BCUT2D eigenvalue weighted by Crippen LogP contribution is 2.25. The summed E-state index contributed by atoms with van der Waals surface area (Å²) in [5, 5.41) is 3.42. The quantitative estimate of drug-likeness (QED) is 0.911. The first-order valence-electron chi connectivity index (χ1n) is 6.88. The van der Waals surface area contributed by atoms with Crippen LogP contribution in [0, 0.1) is 0 Å². The number of nitrogens with one attached hydrogen (secondary N) is 1. The van der Waals surface area contributed by atoms with Crippen molar-refractivity contribution in [1.29, 1.82) is 0 Å². The Labute approximate surface area is 113 Å². The van der Waals surface area contributed by atoms with Crippen LogP contribution in [-0.2, 0) is 25.8 Å². The van der Waals surface area contributed by atoms with Gasteiger partial charge in [0.25, 0.3) is 0 Å². The topological polar surface area (TPSA) is 50.7 Å². The molecule has 0 unspecified atom stereocenters. The van der Waals surface area contributed by atoms with Crippen molar-refractivity contribution >= 4 is 5.82 Å². The molecular formula is C15H18N4. The van der Waals surface area contributed by atoms with Gasteiger partial charge in [-0.15, -0.1) is 0 Å². The van der Waals surface area contributed by atoms with E-state index in [1.165, 1.54) is 23.2 Å². The van der Waals surface area contributed by atoms with E-state index in [4.69, 9.17) is 0 Å². The maximum atomic E-state index is 4.45. The molecule has 1 N–H and O–H groups in total. The van der Waals surface area contributed by atoms with Crippen molar-refractivity contribution in [3.05, 3.63) is 47.2 Å². The average molecular weight is 254 g/mol. The highest BCUT2D eigenvalue weighted by atomic mass is 15.0. The number of fused-ring (bicyclic) bond motifs is 1. The second-order valence-electron chi connectivity index (χ2n) is 4.82. The summed E-state index contributed by atoms with van der Waals surface area (Å²) in [7, 11) is 0. The first-order chi connectivity index (χ1) is 9.38. The third kappa shape index (κ3) is 2.43. The number of anilines is 1. The molecule has 0 saturated carbocycles. The van der Waals surface area contributed by atoms with Gasteiger partial charge in [0.05, 0.1) is 12.2 Å². The second-order valence-corrected chi connectivity index (χ2v) is 4.82. The molecule has 3 rings (SSSR count). The van der Waals surface area contributed by atoms with Crippen molar-refractivity contribution in [2.24, 2.45) is 0 Å². The largest absolute Gasteiger partial charge is 0.364 e. The SMILES string of the molecule is CCc1cccnc1CNc1ncnc2c1CCC2. The average Bonchev–Trinajstić information content (AvgIpc) is 2.94. The molecule has 19 heavy (non-hydrogen) atoms. The summed E-state index contributed by atoms with van der Waals surface area (Å²) in [5.74, 6) is 0.982. The molecule has 0 atom stereocenters. The van der Waals surface area contributed by atoms with Crippen LogP contribution < -0.4 is 5.32 Å². The maximum absolute atomic E-state index is 4.45. The van der Waals surface area contributed by atoms with Gasteiger partial charge < -0.3 is 5.32 Å². The highest BCUT2D eigenvalue weighted by Gasteiger charge is 2.16. The summed E-state index contributed by atoms with van der Waals surface area (Å²) in [4.78, 5) is 13.2. The monoisotopic (exact) mass is 254 g/mol. The van der Waals surface area contributed by atoms with E-state index in [-0.39, 0.29) is 0 Å². The molecule has 98 valence electrons. The molecule has 0 spiro atoms. The van der Waals surface area contributed by atoms with E-state index in [0.29, 0.717) is 0 Å². The Morgan fingerprint density at radius 3 is 3.05 bits per heavy atom. The molecule has 0 amide bonds. The van der Waals surface area contributed by atoms with E-state index in [0.717, 1.165) is 37.3 Å². The van der Waals surface area contributed by atoms with Crippen molar-refractivity contribution in [3.8, 4) is 0 Å². The molecule has 1 aliphatic carbocycles. The van der Waals surface area contributed by atoms with Gasteiger partial charge in [-0.2, -0.15) is 0 Å². The molecule has 0 saturated heterocycles. The number of hydrogen-bond acceptors (Lipinski definition) is 4. The van der Waals surface area contributed by atoms with Crippen LogP contribution in [0.3, 0.4) is 0 Å². The van der Waals surface area contributed by atoms with E-state index >= 15 is 0 Å². The van der Waals surface area contributed by atoms with E-state index in [1.54, 1.807) is 6.33 Å². The van der Waals surface area contributed by atoms with Gasteiger partial charge in [-0.1, -0.05) is 13.0 Å². The highest BCUT2D eigenvalue weighted by molar-refractivity contribution is 5.48. The summed E-state index contributed by atoms with van der Waals surface area (Å²) in [6.07, 6.45) is 7.86. The van der Waals surface area contributed by atoms with E-state index in [9.17, 15) is 0 Å². The number of rotatable bonds is 4. The molecule has 0 aromatic carbocycles. The van der Waals surface area contributed by atoms with Gasteiger partial charge in [0.15, 0.2) is 0 Å². The second kappa shape index (κ2) is 5.34. The van der Waals surface area contributed by atoms with Crippen molar-refractivity contribution in [3.63, 3.8) is 0 Å². The summed E-state index contributed by atoms with van der Waals surface area (Å²) >= 11 is 0. The van der Waals surface area contributed by atoms with Gasteiger partial charge in [0.2, 0.25) is 0 Å². The predicted octanol–water partition coefficient (Wildman–Crippen LogP) is 2.53. The molecular weight excluding hydrogens is 236 g/mol. The summed E-state index contributed by atoms with van der Waals surface area (Å²) < 4.78 is 0. The molecule has 2 aromatic rings. The fraction of sp³-hybridized carbons (Fsp3) is 0.400. The van der Waals surface area contributed by atoms with Gasteiger partial charge in [-0.3, -0.25) is 4.98 Å². The third-order valence-corrected chi connectivity index (χ3v) is 3.66. The number of pyridine rings is 1. The van der Waals surface area contributed by atoms with Crippen LogP contribution in [0.4, 0.5) is 5.82 Å². The minimum absolute atomic E-state index is 0.730. The Balaban J connectivity index is 1.78. The summed E-state index contributed by atoms with van der Waals surface area (Å²) in [6.45, 7) is 2.89. The minimum Gasteiger partial charge on any atom is -0.364 e. The molecule has 2 aromatic heterocycles. The summed E-state index contributed by atoms with van der Waals surface area (Å²) in [6, 6.07) is 4.12. The zero-order valence-electron chi connectivity index (χ0n) is 11.2. The lowest BCUT2D eigenvalue weighted by atomic mass is 10.1. The van der Waals surface area contributed by atoms with Crippen LogP contribution in [0.15, 0.2) is 24.7 Å². The summed E-state index contributed by atoms with van der Waals surface area (Å²) in [5.41, 5.74) is 4.89. The van der Waals surface area contributed by atoms with E-state index in [2.05, 4.69) is 33.3 Å². The van der Waals surface area contributed by atoms with Gasteiger partial charge in [0, 0.05) is 17.5 Å². The number of aryl methyl sites for hydroxylation is 2. The normalized spacial score (nSPS) is 13.3. The molecule has 2 heterocycles. The minimum atomic E-state index is 0.730. The Morgan fingerprint density at radius 1 is 1.21 bits per heavy atom. The zero-order valence-corrected chi connectivity index (χ0v) is 11.2. The smallest absolute Gasteiger partial charge is 0.133 e. The fourth-order valence-electron chi connectivity index (χ4n) is 2.63. The third-order valence-electron chi connectivity index (χ3n) is 3.66.